The summed E-state index contributed by atoms with van der Waals surface area (Å²) >= 11 is 0. The Kier molecular flexibility index (Phi) is 8.59. The molecule has 160 valence electrons. The highest BCUT2D eigenvalue weighted by Crippen LogP contribution is 2.29. The number of piperidine rings is 1. The van der Waals surface area contributed by atoms with Crippen LogP contribution in [0.2, 0.25) is 0 Å². The summed E-state index contributed by atoms with van der Waals surface area (Å²) in [7, 11) is 0. The highest BCUT2D eigenvalue weighted by molar-refractivity contribution is 5.79. The molecule has 6 nitrogen and oxygen atoms in total. The second kappa shape index (κ2) is 11.1. The molecule has 2 saturated carbocycles. The molecule has 0 bridgehead atoms. The van der Waals surface area contributed by atoms with Crippen molar-refractivity contribution in [3.8, 4) is 0 Å². The first-order valence-corrected chi connectivity index (χ1v) is 11.6. The molecule has 3 rings (SSSR count). The van der Waals surface area contributed by atoms with Crippen LogP contribution in [-0.4, -0.2) is 55.1 Å². The van der Waals surface area contributed by atoms with Crippen molar-refractivity contribution in [2.24, 2.45) is 17.6 Å². The maximum absolute atomic E-state index is 12.9. The third-order valence-electron chi connectivity index (χ3n) is 6.85. The van der Waals surface area contributed by atoms with E-state index in [2.05, 4.69) is 5.32 Å². The van der Waals surface area contributed by atoms with Crippen LogP contribution in [0.4, 0.5) is 0 Å². The van der Waals surface area contributed by atoms with E-state index >= 15 is 0 Å². The van der Waals surface area contributed by atoms with Crippen molar-refractivity contribution in [2.75, 3.05) is 26.2 Å². The third-order valence-corrected chi connectivity index (χ3v) is 6.85. The number of nitrogens with zero attached hydrogens (tertiary/aromatic N) is 1. The van der Waals surface area contributed by atoms with Gasteiger partial charge in [0.25, 0.3) is 0 Å². The topological polar surface area (TPSA) is 84.7 Å². The molecule has 0 radical (unpaired) electrons. The predicted molar refractivity (Wildman–Crippen MR) is 110 cm³/mol. The Bertz CT molecular complexity index is 491. The lowest BCUT2D eigenvalue weighted by Gasteiger charge is -2.36. The quantitative estimate of drug-likeness (QED) is 0.621. The molecule has 3 aliphatic rings. The Morgan fingerprint density at radius 2 is 1.64 bits per heavy atom. The molecule has 0 unspecified atom stereocenters. The van der Waals surface area contributed by atoms with E-state index in [1.54, 1.807) is 0 Å². The van der Waals surface area contributed by atoms with Crippen molar-refractivity contribution >= 4 is 11.8 Å². The number of ether oxygens (including phenoxy) is 1. The molecule has 3 fully saturated rings. The van der Waals surface area contributed by atoms with Gasteiger partial charge in [0.1, 0.15) is 0 Å². The number of hydrogen-bond donors (Lipinski definition) is 2. The molecule has 1 heterocycles. The molecule has 0 atom stereocenters. The fraction of sp³-hybridized carbons (Fsp3) is 0.909. The van der Waals surface area contributed by atoms with E-state index < -0.39 is 0 Å². The van der Waals surface area contributed by atoms with Gasteiger partial charge < -0.3 is 20.7 Å². The Hall–Kier alpha value is -1.14. The molecule has 0 spiro atoms. The van der Waals surface area contributed by atoms with Gasteiger partial charge in [-0.25, -0.2) is 0 Å². The first-order valence-electron chi connectivity index (χ1n) is 11.6. The Labute approximate surface area is 169 Å². The average molecular weight is 394 g/mol. The smallest absolute Gasteiger partial charge is 0.225 e. The largest absolute Gasteiger partial charge is 0.378 e. The summed E-state index contributed by atoms with van der Waals surface area (Å²) in [4.78, 5) is 27.1. The Balaban J connectivity index is 1.32. The lowest BCUT2D eigenvalue weighted by Crippen LogP contribution is -2.46. The zero-order valence-corrected chi connectivity index (χ0v) is 17.4. The summed E-state index contributed by atoms with van der Waals surface area (Å²) in [6, 6.07) is 0.264. The number of likely N-dealkylation sites (tertiary alicyclic amines) is 1. The van der Waals surface area contributed by atoms with Crippen LogP contribution in [0, 0.1) is 11.8 Å². The minimum Gasteiger partial charge on any atom is -0.378 e. The maximum Gasteiger partial charge on any atom is 0.225 e. The summed E-state index contributed by atoms with van der Waals surface area (Å²) in [6.07, 6.45) is 12.4. The molecule has 0 aromatic carbocycles. The normalized spacial score (nSPS) is 27.1. The van der Waals surface area contributed by atoms with Crippen molar-refractivity contribution < 1.29 is 14.3 Å². The van der Waals surface area contributed by atoms with Gasteiger partial charge in [0, 0.05) is 38.1 Å². The van der Waals surface area contributed by atoms with Crippen LogP contribution < -0.4 is 11.1 Å². The summed E-state index contributed by atoms with van der Waals surface area (Å²) in [5.41, 5.74) is 5.51. The Morgan fingerprint density at radius 1 is 0.964 bits per heavy atom. The van der Waals surface area contributed by atoms with Gasteiger partial charge in [0.15, 0.2) is 0 Å². The zero-order valence-electron chi connectivity index (χ0n) is 17.4. The molecule has 1 aliphatic heterocycles. The fourth-order valence-electron chi connectivity index (χ4n) is 5.08. The number of carbonyl (C=O) groups is 2. The SMILES string of the molecule is NCCCOC1CCN(C(=O)C2CCC(NC(=O)CC3CCCC3)CC2)CC1. The van der Waals surface area contributed by atoms with Crippen LogP contribution in [0.1, 0.15) is 77.0 Å². The summed E-state index contributed by atoms with van der Waals surface area (Å²) in [6.45, 7) is 3.01. The van der Waals surface area contributed by atoms with Gasteiger partial charge in [0.2, 0.25) is 11.8 Å². The number of nitrogens with two attached hydrogens (primary N) is 1. The van der Waals surface area contributed by atoms with E-state index in [9.17, 15) is 9.59 Å². The van der Waals surface area contributed by atoms with Crippen LogP contribution in [0.15, 0.2) is 0 Å². The van der Waals surface area contributed by atoms with Gasteiger partial charge in [-0.05, 0) is 70.3 Å². The van der Waals surface area contributed by atoms with Gasteiger partial charge >= 0.3 is 0 Å². The van der Waals surface area contributed by atoms with Gasteiger partial charge in [-0.2, -0.15) is 0 Å². The number of nitrogens with one attached hydrogen (secondary N) is 1. The van der Waals surface area contributed by atoms with Gasteiger partial charge in [-0.15, -0.1) is 0 Å². The van der Waals surface area contributed by atoms with Crippen molar-refractivity contribution in [2.45, 2.75) is 89.2 Å². The van der Waals surface area contributed by atoms with E-state index in [0.29, 0.717) is 24.8 Å². The third kappa shape index (κ3) is 6.45. The van der Waals surface area contributed by atoms with E-state index in [-0.39, 0.29) is 24.0 Å². The van der Waals surface area contributed by atoms with Crippen molar-refractivity contribution in [1.29, 1.82) is 0 Å². The van der Waals surface area contributed by atoms with Gasteiger partial charge in [0.05, 0.1) is 6.10 Å². The highest BCUT2D eigenvalue weighted by atomic mass is 16.5. The molecular weight excluding hydrogens is 354 g/mol. The lowest BCUT2D eigenvalue weighted by atomic mass is 9.84. The van der Waals surface area contributed by atoms with Crippen molar-refractivity contribution in [1.82, 2.24) is 10.2 Å². The summed E-state index contributed by atoms with van der Waals surface area (Å²) in [5, 5.41) is 3.23. The Morgan fingerprint density at radius 3 is 2.29 bits per heavy atom. The molecule has 6 heteroatoms. The van der Waals surface area contributed by atoms with E-state index in [1.165, 1.54) is 25.7 Å². The van der Waals surface area contributed by atoms with E-state index in [0.717, 1.165) is 64.6 Å². The molecule has 2 amide bonds. The number of carbonyl (C=O) groups excluding carboxylic acids is 2. The van der Waals surface area contributed by atoms with Crippen molar-refractivity contribution in [3.63, 3.8) is 0 Å². The lowest BCUT2D eigenvalue weighted by molar-refractivity contribution is -0.139. The number of hydrogen-bond acceptors (Lipinski definition) is 4. The zero-order chi connectivity index (χ0) is 19.8. The first-order chi connectivity index (χ1) is 13.7. The minimum absolute atomic E-state index is 0.137. The van der Waals surface area contributed by atoms with Gasteiger partial charge in [-0.3, -0.25) is 9.59 Å². The van der Waals surface area contributed by atoms with E-state index in [4.69, 9.17) is 10.5 Å². The van der Waals surface area contributed by atoms with Crippen LogP contribution in [-0.2, 0) is 14.3 Å². The standard InChI is InChI=1S/C22H39N3O3/c23-12-3-15-28-20-10-13-25(14-11-20)22(27)18-6-8-19(9-7-18)24-21(26)16-17-4-1-2-5-17/h17-20H,1-16,23H2,(H,24,26). The number of rotatable bonds is 8. The summed E-state index contributed by atoms with van der Waals surface area (Å²) < 4.78 is 5.84. The van der Waals surface area contributed by atoms with Crippen LogP contribution >= 0.6 is 0 Å². The minimum atomic E-state index is 0.137. The maximum atomic E-state index is 12.9. The van der Waals surface area contributed by atoms with Crippen molar-refractivity contribution in [3.05, 3.63) is 0 Å². The molecule has 1 saturated heterocycles. The molecule has 28 heavy (non-hydrogen) atoms. The van der Waals surface area contributed by atoms with Crippen LogP contribution in [0.5, 0.6) is 0 Å². The fourth-order valence-corrected chi connectivity index (χ4v) is 5.08. The average Bonchev–Trinajstić information content (AvgIpc) is 3.21. The highest BCUT2D eigenvalue weighted by Gasteiger charge is 2.32. The molecule has 0 aromatic rings. The second-order valence-corrected chi connectivity index (χ2v) is 9.01. The summed E-state index contributed by atoms with van der Waals surface area (Å²) in [5.74, 6) is 1.27. The monoisotopic (exact) mass is 393 g/mol. The molecule has 0 aromatic heterocycles. The molecular formula is C22H39N3O3. The predicted octanol–water partition coefficient (Wildman–Crippen LogP) is 2.60. The van der Waals surface area contributed by atoms with E-state index in [1.807, 2.05) is 4.90 Å². The first kappa shape index (κ1) is 21.6. The van der Waals surface area contributed by atoms with Crippen LogP contribution in [0.25, 0.3) is 0 Å². The second-order valence-electron chi connectivity index (χ2n) is 9.01. The molecule has 2 aliphatic carbocycles. The molecule has 3 N–H and O–H groups in total. The van der Waals surface area contributed by atoms with Crippen LogP contribution in [0.3, 0.4) is 0 Å². The van der Waals surface area contributed by atoms with Gasteiger partial charge in [-0.1, -0.05) is 12.8 Å². The number of amides is 2.